The number of carbonyl (C=O) groups is 1. The van der Waals surface area contributed by atoms with E-state index in [0.717, 1.165) is 23.3 Å². The highest BCUT2D eigenvalue weighted by Gasteiger charge is 2.27. The maximum absolute atomic E-state index is 12.1. The zero-order valence-corrected chi connectivity index (χ0v) is 16.5. The molecule has 25 heavy (non-hydrogen) atoms. The summed E-state index contributed by atoms with van der Waals surface area (Å²) in [5.41, 5.74) is 0.235. The molecular weight excluding hydrogens is 388 g/mol. The van der Waals surface area contributed by atoms with E-state index in [0.29, 0.717) is 24.6 Å². The van der Waals surface area contributed by atoms with Gasteiger partial charge in [-0.05, 0) is 56.5 Å². The van der Waals surface area contributed by atoms with Gasteiger partial charge >= 0.3 is 6.09 Å². The van der Waals surface area contributed by atoms with Crippen LogP contribution in [0.3, 0.4) is 0 Å². The first-order chi connectivity index (χ1) is 11.7. The van der Waals surface area contributed by atoms with Gasteiger partial charge in [0.1, 0.15) is 16.0 Å². The highest BCUT2D eigenvalue weighted by Crippen LogP contribution is 2.22. The van der Waals surface area contributed by atoms with Crippen molar-refractivity contribution in [2.24, 2.45) is 0 Å². The lowest BCUT2D eigenvalue weighted by Gasteiger charge is -2.33. The van der Waals surface area contributed by atoms with E-state index in [1.165, 1.54) is 0 Å². The van der Waals surface area contributed by atoms with Crippen molar-refractivity contribution in [3.8, 4) is 0 Å². The number of hydrogen-bond donors (Lipinski definition) is 1. The van der Waals surface area contributed by atoms with Gasteiger partial charge in [0.15, 0.2) is 5.82 Å². The number of hydrogen-bond acceptors (Lipinski definition) is 6. The van der Waals surface area contributed by atoms with E-state index >= 15 is 0 Å². The van der Waals surface area contributed by atoms with Gasteiger partial charge in [0.2, 0.25) is 5.65 Å². The zero-order chi connectivity index (χ0) is 18.2. The van der Waals surface area contributed by atoms with E-state index in [-0.39, 0.29) is 12.1 Å². The maximum atomic E-state index is 12.1. The Kier molecular flexibility index (Phi) is 4.86. The summed E-state index contributed by atoms with van der Waals surface area (Å²) in [7, 11) is 0. The summed E-state index contributed by atoms with van der Waals surface area (Å²) in [6, 6.07) is 0.223. The number of ether oxygens (including phenoxy) is 1. The minimum Gasteiger partial charge on any atom is -0.444 e. The molecule has 0 aromatic carbocycles. The number of nitrogens with one attached hydrogen (secondary N) is 1. The Morgan fingerprint density at radius 2 is 2.00 bits per heavy atom. The normalized spacial score (nSPS) is 16.3. The topological polar surface area (TPSA) is 84.7 Å². The second-order valence-electron chi connectivity index (χ2n) is 7.24. The summed E-state index contributed by atoms with van der Waals surface area (Å²) >= 11 is 3.43. The van der Waals surface area contributed by atoms with Crippen LogP contribution in [0.2, 0.25) is 0 Å². The molecule has 2 aromatic heterocycles. The molecule has 1 fully saturated rings. The highest BCUT2D eigenvalue weighted by molar-refractivity contribution is 9.10. The molecule has 3 rings (SSSR count). The first-order valence-electron chi connectivity index (χ1n) is 8.35. The molecule has 3 heterocycles. The lowest BCUT2D eigenvalue weighted by atomic mass is 10.1. The fourth-order valence-corrected chi connectivity index (χ4v) is 3.18. The molecule has 1 aliphatic rings. The first-order valence-corrected chi connectivity index (χ1v) is 9.14. The number of piperidine rings is 1. The van der Waals surface area contributed by atoms with Gasteiger partial charge in [-0.15, -0.1) is 10.2 Å². The lowest BCUT2D eigenvalue weighted by Crippen LogP contribution is -2.44. The number of halogens is 1. The minimum absolute atomic E-state index is 0.223. The monoisotopic (exact) mass is 410 g/mol. The number of fused-ring (bicyclic) bond motifs is 1. The summed E-state index contributed by atoms with van der Waals surface area (Å²) < 4.78 is 8.05. The molecule has 0 saturated carbocycles. The fraction of sp³-hybridized carbons (Fsp3) is 0.625. The van der Waals surface area contributed by atoms with Gasteiger partial charge in [0.25, 0.3) is 0 Å². The molecule has 2 aromatic rings. The molecule has 8 nitrogen and oxygen atoms in total. The Bertz CT molecular complexity index is 777. The molecule has 0 radical (unpaired) electrons. The number of amides is 1. The smallest absolute Gasteiger partial charge is 0.410 e. The third-order valence-corrected chi connectivity index (χ3v) is 4.40. The van der Waals surface area contributed by atoms with Crippen molar-refractivity contribution in [2.45, 2.75) is 52.2 Å². The third kappa shape index (κ3) is 4.20. The zero-order valence-electron chi connectivity index (χ0n) is 14.9. The predicted octanol–water partition coefficient (Wildman–Crippen LogP) is 3.01. The minimum atomic E-state index is -0.469. The van der Waals surface area contributed by atoms with Crippen LogP contribution >= 0.6 is 15.9 Å². The van der Waals surface area contributed by atoms with E-state index in [1.54, 1.807) is 4.90 Å². The van der Waals surface area contributed by atoms with Gasteiger partial charge in [-0.1, -0.05) is 0 Å². The van der Waals surface area contributed by atoms with E-state index in [4.69, 9.17) is 4.74 Å². The average Bonchev–Trinajstić information content (AvgIpc) is 2.88. The van der Waals surface area contributed by atoms with Crippen molar-refractivity contribution >= 4 is 33.5 Å². The molecule has 0 unspecified atom stereocenters. The van der Waals surface area contributed by atoms with Crippen molar-refractivity contribution in [1.29, 1.82) is 0 Å². The molecule has 0 aliphatic carbocycles. The van der Waals surface area contributed by atoms with Crippen LogP contribution in [0.1, 0.15) is 39.4 Å². The number of likely N-dealkylation sites (tertiary alicyclic amines) is 1. The average molecular weight is 411 g/mol. The standard InChI is InChI=1S/C16H23BrN6O2/c1-10-20-21-14-13(19-12(17)9-23(10)14)18-11-5-7-22(8-6-11)15(24)25-16(2,3)4/h9,11H,5-8H2,1-4H3,(H,18,19). The lowest BCUT2D eigenvalue weighted by molar-refractivity contribution is 0.0210. The fourth-order valence-electron chi connectivity index (χ4n) is 2.80. The van der Waals surface area contributed by atoms with Crippen molar-refractivity contribution in [3.63, 3.8) is 0 Å². The summed E-state index contributed by atoms with van der Waals surface area (Å²) in [5, 5.41) is 11.7. The summed E-state index contributed by atoms with van der Waals surface area (Å²) in [6.45, 7) is 8.85. The van der Waals surface area contributed by atoms with Crippen LogP contribution in [-0.2, 0) is 4.74 Å². The number of nitrogens with zero attached hydrogens (tertiary/aromatic N) is 5. The van der Waals surface area contributed by atoms with Crippen molar-refractivity contribution in [2.75, 3.05) is 18.4 Å². The molecular formula is C16H23BrN6O2. The molecule has 0 spiro atoms. The number of carbonyl (C=O) groups excluding carboxylic acids is 1. The summed E-state index contributed by atoms with van der Waals surface area (Å²) in [4.78, 5) is 18.4. The molecule has 1 saturated heterocycles. The Labute approximate surface area is 155 Å². The molecule has 9 heteroatoms. The maximum Gasteiger partial charge on any atom is 0.410 e. The van der Waals surface area contributed by atoms with E-state index in [9.17, 15) is 4.79 Å². The summed E-state index contributed by atoms with van der Waals surface area (Å²) in [5.74, 6) is 1.51. The van der Waals surface area contributed by atoms with Crippen molar-refractivity contribution in [3.05, 3.63) is 16.6 Å². The van der Waals surface area contributed by atoms with Crippen LogP contribution in [0.25, 0.3) is 5.65 Å². The molecule has 0 atom stereocenters. The molecule has 136 valence electrons. The van der Waals surface area contributed by atoms with E-state index in [1.807, 2.05) is 38.3 Å². The Balaban J connectivity index is 1.64. The largest absolute Gasteiger partial charge is 0.444 e. The van der Waals surface area contributed by atoms with Gasteiger partial charge in [-0.3, -0.25) is 4.40 Å². The second-order valence-corrected chi connectivity index (χ2v) is 8.05. The highest BCUT2D eigenvalue weighted by atomic mass is 79.9. The Morgan fingerprint density at radius 3 is 2.64 bits per heavy atom. The van der Waals surface area contributed by atoms with Crippen LogP contribution in [0.15, 0.2) is 10.8 Å². The number of rotatable bonds is 2. The number of aryl methyl sites for hydroxylation is 1. The third-order valence-electron chi connectivity index (χ3n) is 4.02. The predicted molar refractivity (Wildman–Crippen MR) is 97.7 cm³/mol. The van der Waals surface area contributed by atoms with Gasteiger partial charge in [-0.25, -0.2) is 9.78 Å². The van der Waals surface area contributed by atoms with Crippen molar-refractivity contribution < 1.29 is 9.53 Å². The first kappa shape index (κ1) is 17.9. The SMILES string of the molecule is Cc1nnc2c(NC3CCN(C(=O)OC(C)(C)C)CC3)nc(Br)cn12. The molecule has 1 amide bonds. The van der Waals surface area contributed by atoms with Gasteiger partial charge in [0, 0.05) is 25.3 Å². The van der Waals surface area contributed by atoms with Gasteiger partial charge in [-0.2, -0.15) is 0 Å². The summed E-state index contributed by atoms with van der Waals surface area (Å²) in [6.07, 6.45) is 3.25. The van der Waals surface area contributed by atoms with Gasteiger partial charge < -0.3 is 15.0 Å². The van der Waals surface area contributed by atoms with Crippen molar-refractivity contribution in [1.82, 2.24) is 24.5 Å². The quantitative estimate of drug-likeness (QED) is 0.818. The van der Waals surface area contributed by atoms with E-state index in [2.05, 4.69) is 36.4 Å². The number of anilines is 1. The van der Waals surface area contributed by atoms with E-state index < -0.39 is 5.60 Å². The van der Waals surface area contributed by atoms with Crippen LogP contribution in [-0.4, -0.2) is 55.3 Å². The molecule has 1 N–H and O–H groups in total. The number of aromatic nitrogens is 4. The van der Waals surface area contributed by atoms with Crippen LogP contribution in [0.5, 0.6) is 0 Å². The second kappa shape index (κ2) is 6.78. The van der Waals surface area contributed by atoms with Crippen LogP contribution in [0, 0.1) is 6.92 Å². The Hall–Kier alpha value is -1.90. The molecule has 1 aliphatic heterocycles. The van der Waals surface area contributed by atoms with Gasteiger partial charge in [0.05, 0.1) is 0 Å². The van der Waals surface area contributed by atoms with Crippen LogP contribution in [0.4, 0.5) is 10.6 Å². The Morgan fingerprint density at radius 1 is 1.32 bits per heavy atom. The van der Waals surface area contributed by atoms with Crippen LogP contribution < -0.4 is 5.32 Å². The molecule has 0 bridgehead atoms.